The molecule has 30 heavy (non-hydrogen) atoms. The zero-order valence-electron chi connectivity index (χ0n) is 16.6. The van der Waals surface area contributed by atoms with Gasteiger partial charge in [0, 0.05) is 28.3 Å². The van der Waals surface area contributed by atoms with E-state index in [1.165, 1.54) is 12.1 Å². The quantitative estimate of drug-likeness (QED) is 0.573. The van der Waals surface area contributed by atoms with Crippen LogP contribution in [-0.4, -0.2) is 21.6 Å². The molecule has 3 aromatic rings. The Morgan fingerprint density at radius 3 is 2.37 bits per heavy atom. The Morgan fingerprint density at radius 1 is 0.967 bits per heavy atom. The average molecular weight is 469 g/mol. The predicted octanol–water partition coefficient (Wildman–Crippen LogP) is 3.90. The highest BCUT2D eigenvalue weighted by Gasteiger charge is 2.11. The topological polar surface area (TPSA) is 93.1 Å². The normalized spacial score (nSPS) is 10.5. The first kappa shape index (κ1) is 21.4. The zero-order valence-corrected chi connectivity index (χ0v) is 18.2. The Labute approximate surface area is 182 Å². The van der Waals surface area contributed by atoms with Gasteiger partial charge in [-0.05, 0) is 55.8 Å². The van der Waals surface area contributed by atoms with Gasteiger partial charge >= 0.3 is 0 Å². The summed E-state index contributed by atoms with van der Waals surface area (Å²) in [7, 11) is 0. The second-order valence-corrected chi connectivity index (χ2v) is 7.72. The molecule has 0 aliphatic rings. The lowest BCUT2D eigenvalue weighted by Crippen LogP contribution is -2.28. The van der Waals surface area contributed by atoms with Crippen molar-refractivity contribution in [1.29, 1.82) is 0 Å². The zero-order chi connectivity index (χ0) is 21.7. The molecule has 2 aromatic carbocycles. The Morgan fingerprint density at radius 2 is 1.67 bits per heavy atom. The number of hydrogen-bond donors (Lipinski definition) is 2. The van der Waals surface area contributed by atoms with Crippen LogP contribution in [0.4, 0.5) is 11.4 Å². The lowest BCUT2D eigenvalue weighted by Gasteiger charge is -2.09. The monoisotopic (exact) mass is 468 g/mol. The number of carbonyl (C=O) groups excluding carboxylic acids is 2. The summed E-state index contributed by atoms with van der Waals surface area (Å²) in [5, 5.41) is 9.63. The lowest BCUT2D eigenvalue weighted by molar-refractivity contribution is -0.116. The number of rotatable bonds is 6. The molecular weight excluding hydrogens is 448 g/mol. The summed E-state index contributed by atoms with van der Waals surface area (Å²) >= 11 is 3.42. The fourth-order valence-electron chi connectivity index (χ4n) is 2.72. The molecule has 0 fully saturated rings. The first-order valence-corrected chi connectivity index (χ1v) is 10.1. The van der Waals surface area contributed by atoms with Gasteiger partial charge < -0.3 is 10.6 Å². The van der Waals surface area contributed by atoms with Gasteiger partial charge in [-0.1, -0.05) is 33.6 Å². The fourth-order valence-corrected chi connectivity index (χ4v) is 2.96. The van der Waals surface area contributed by atoms with Crippen LogP contribution in [0.5, 0.6) is 0 Å². The van der Waals surface area contributed by atoms with Crippen molar-refractivity contribution < 1.29 is 9.59 Å². The van der Waals surface area contributed by atoms with Gasteiger partial charge in [-0.2, -0.15) is 5.10 Å². The average Bonchev–Trinajstić information content (AvgIpc) is 2.72. The van der Waals surface area contributed by atoms with Crippen LogP contribution in [0.15, 0.2) is 63.9 Å². The Balaban J connectivity index is 1.63. The first-order valence-electron chi connectivity index (χ1n) is 9.34. The summed E-state index contributed by atoms with van der Waals surface area (Å²) in [6.45, 7) is 3.94. The van der Waals surface area contributed by atoms with Gasteiger partial charge in [-0.25, -0.2) is 4.68 Å². The summed E-state index contributed by atoms with van der Waals surface area (Å²) in [6, 6.07) is 15.5. The molecule has 0 saturated heterocycles. The van der Waals surface area contributed by atoms with Crippen molar-refractivity contribution in [1.82, 2.24) is 9.78 Å². The van der Waals surface area contributed by atoms with E-state index in [0.717, 1.165) is 20.3 Å². The highest BCUT2D eigenvalue weighted by molar-refractivity contribution is 9.10. The van der Waals surface area contributed by atoms with Crippen LogP contribution < -0.4 is 16.2 Å². The van der Waals surface area contributed by atoms with Crippen LogP contribution in [-0.2, 0) is 11.3 Å². The van der Waals surface area contributed by atoms with E-state index >= 15 is 0 Å². The smallest absolute Gasteiger partial charge is 0.276 e. The lowest BCUT2D eigenvalue weighted by atomic mass is 10.2. The van der Waals surface area contributed by atoms with E-state index in [1.54, 1.807) is 18.2 Å². The molecule has 0 bridgehead atoms. The Bertz CT molecular complexity index is 1140. The molecule has 2 amide bonds. The van der Waals surface area contributed by atoms with Crippen LogP contribution in [0.1, 0.15) is 28.0 Å². The number of aromatic nitrogens is 2. The van der Waals surface area contributed by atoms with Crippen LogP contribution >= 0.6 is 15.9 Å². The molecule has 154 valence electrons. The highest BCUT2D eigenvalue weighted by atomic mass is 79.9. The second kappa shape index (κ2) is 9.49. The number of amides is 2. The molecule has 0 radical (unpaired) electrons. The van der Waals surface area contributed by atoms with Crippen molar-refractivity contribution in [2.75, 3.05) is 10.6 Å². The molecule has 0 atom stereocenters. The van der Waals surface area contributed by atoms with E-state index < -0.39 is 5.91 Å². The largest absolute Gasteiger partial charge is 0.326 e. The standard InChI is InChI=1S/C22H21BrN4O3/c1-14-3-5-16(6-4-14)25-22(30)19-9-10-21(29)27(26-19)12-11-20(28)24-17-7-8-18(23)15(2)13-17/h3-10,13H,11-12H2,1-2H3,(H,24,28)(H,25,30). The summed E-state index contributed by atoms with van der Waals surface area (Å²) in [4.78, 5) is 36.7. The number of halogens is 1. The first-order chi connectivity index (χ1) is 14.3. The summed E-state index contributed by atoms with van der Waals surface area (Å²) in [6.07, 6.45) is 0.0467. The number of carbonyl (C=O) groups is 2. The van der Waals surface area contributed by atoms with Crippen LogP contribution in [0.25, 0.3) is 0 Å². The molecule has 0 unspecified atom stereocenters. The second-order valence-electron chi connectivity index (χ2n) is 6.86. The molecule has 1 heterocycles. The third-order valence-electron chi connectivity index (χ3n) is 4.40. The maximum absolute atomic E-state index is 12.4. The minimum atomic E-state index is -0.428. The number of nitrogens with zero attached hydrogens (tertiary/aromatic N) is 2. The predicted molar refractivity (Wildman–Crippen MR) is 120 cm³/mol. The van der Waals surface area contributed by atoms with Gasteiger partial charge in [0.2, 0.25) is 5.91 Å². The van der Waals surface area contributed by atoms with Crippen molar-refractivity contribution in [2.45, 2.75) is 26.8 Å². The van der Waals surface area contributed by atoms with E-state index in [9.17, 15) is 14.4 Å². The summed E-state index contributed by atoms with van der Waals surface area (Å²) < 4.78 is 2.08. The maximum atomic E-state index is 12.4. The van der Waals surface area contributed by atoms with E-state index in [4.69, 9.17) is 0 Å². The molecule has 1 aromatic heterocycles. The highest BCUT2D eigenvalue weighted by Crippen LogP contribution is 2.20. The van der Waals surface area contributed by atoms with Gasteiger partial charge in [0.1, 0.15) is 5.69 Å². The summed E-state index contributed by atoms with van der Waals surface area (Å²) in [5.41, 5.74) is 3.10. The SMILES string of the molecule is Cc1ccc(NC(=O)c2ccc(=O)n(CCC(=O)Nc3ccc(Br)c(C)c3)n2)cc1. The molecule has 2 N–H and O–H groups in total. The molecule has 0 spiro atoms. The van der Waals surface area contributed by atoms with E-state index in [2.05, 4.69) is 31.7 Å². The fraction of sp³-hybridized carbons (Fsp3) is 0.182. The van der Waals surface area contributed by atoms with Crippen molar-refractivity contribution in [3.05, 3.63) is 86.2 Å². The van der Waals surface area contributed by atoms with Gasteiger partial charge in [-0.15, -0.1) is 0 Å². The van der Waals surface area contributed by atoms with Gasteiger partial charge in [0.25, 0.3) is 11.5 Å². The third kappa shape index (κ3) is 5.64. The molecule has 0 aliphatic heterocycles. The Kier molecular flexibility index (Phi) is 6.79. The number of nitrogens with one attached hydrogen (secondary N) is 2. The number of anilines is 2. The third-order valence-corrected chi connectivity index (χ3v) is 5.29. The van der Waals surface area contributed by atoms with Crippen molar-refractivity contribution in [3.8, 4) is 0 Å². The van der Waals surface area contributed by atoms with Crippen LogP contribution in [0.3, 0.4) is 0 Å². The minimum absolute atomic E-state index is 0.0467. The summed E-state index contributed by atoms with van der Waals surface area (Å²) in [5.74, 6) is -0.678. The van der Waals surface area contributed by atoms with E-state index in [1.807, 2.05) is 38.1 Å². The molecule has 0 saturated carbocycles. The van der Waals surface area contributed by atoms with Gasteiger partial charge in [0.05, 0.1) is 6.54 Å². The number of aryl methyl sites for hydroxylation is 3. The minimum Gasteiger partial charge on any atom is -0.326 e. The van der Waals surface area contributed by atoms with Gasteiger partial charge in [0.15, 0.2) is 0 Å². The van der Waals surface area contributed by atoms with Crippen molar-refractivity contribution >= 4 is 39.1 Å². The van der Waals surface area contributed by atoms with Crippen molar-refractivity contribution in [3.63, 3.8) is 0 Å². The maximum Gasteiger partial charge on any atom is 0.276 e. The van der Waals surface area contributed by atoms with E-state index in [0.29, 0.717) is 11.4 Å². The van der Waals surface area contributed by atoms with Crippen LogP contribution in [0, 0.1) is 13.8 Å². The molecule has 8 heteroatoms. The van der Waals surface area contributed by atoms with Crippen LogP contribution in [0.2, 0.25) is 0 Å². The molecular formula is C22H21BrN4O3. The molecule has 3 rings (SSSR count). The molecule has 7 nitrogen and oxygen atoms in total. The number of benzene rings is 2. The number of hydrogen-bond acceptors (Lipinski definition) is 4. The Hall–Kier alpha value is -3.26. The molecule has 0 aliphatic carbocycles. The van der Waals surface area contributed by atoms with Crippen molar-refractivity contribution in [2.24, 2.45) is 0 Å². The van der Waals surface area contributed by atoms with Gasteiger partial charge in [-0.3, -0.25) is 14.4 Å². The van der Waals surface area contributed by atoms with E-state index in [-0.39, 0.29) is 30.1 Å².